The third-order valence-electron chi connectivity index (χ3n) is 5.66. The molecule has 2 amide bonds. The van der Waals surface area contributed by atoms with Crippen LogP contribution in [0.2, 0.25) is 5.02 Å². The van der Waals surface area contributed by atoms with Gasteiger partial charge in [0.05, 0.1) is 24.4 Å². The number of hydrogen-bond acceptors (Lipinski definition) is 8. The smallest absolute Gasteiger partial charge is 0.320 e. The Morgan fingerprint density at radius 1 is 1.03 bits per heavy atom. The number of carbonyl (C=O) groups is 1. The lowest BCUT2D eigenvalue weighted by Gasteiger charge is -2.38. The molecule has 172 valence electrons. The molecule has 0 aliphatic carbocycles. The molecule has 2 aliphatic heterocycles. The second-order valence-corrected chi connectivity index (χ2v) is 8.14. The standard InChI is InChI=1S/C21H22ClFN8O2/c22-15-11-14(1-2-16(15)23)27-19-18-17(25-13-26-19)12-24-20(28-18)29-3-5-30(6-4-29)21(32)31-7-9-33-10-8-31/h1-2,11-13H,3-10H2,(H,25,26,27). The Bertz CT molecular complexity index is 1170. The topological polar surface area (TPSA) is 99.6 Å². The van der Waals surface area contributed by atoms with Crippen LogP contribution < -0.4 is 10.2 Å². The quantitative estimate of drug-likeness (QED) is 0.620. The zero-order valence-corrected chi connectivity index (χ0v) is 18.5. The molecule has 1 aromatic carbocycles. The summed E-state index contributed by atoms with van der Waals surface area (Å²) in [7, 11) is 0. The van der Waals surface area contributed by atoms with Gasteiger partial charge in [0.2, 0.25) is 5.95 Å². The summed E-state index contributed by atoms with van der Waals surface area (Å²) in [5.74, 6) is 0.508. The number of piperazine rings is 1. The van der Waals surface area contributed by atoms with E-state index < -0.39 is 5.82 Å². The fourth-order valence-corrected chi connectivity index (χ4v) is 4.03. The van der Waals surface area contributed by atoms with Crippen LogP contribution in [0, 0.1) is 5.82 Å². The van der Waals surface area contributed by atoms with Crippen LogP contribution in [0.1, 0.15) is 0 Å². The largest absolute Gasteiger partial charge is 0.378 e. The predicted octanol–water partition coefficient (Wildman–Crippen LogP) is 2.53. The number of morpholine rings is 1. The van der Waals surface area contributed by atoms with E-state index in [1.807, 2.05) is 14.7 Å². The fraction of sp³-hybridized carbons (Fsp3) is 0.381. The number of anilines is 3. The lowest BCUT2D eigenvalue weighted by atomic mass is 10.3. The summed E-state index contributed by atoms with van der Waals surface area (Å²) < 4.78 is 18.8. The maximum Gasteiger partial charge on any atom is 0.320 e. The van der Waals surface area contributed by atoms with E-state index in [-0.39, 0.29) is 11.1 Å². The summed E-state index contributed by atoms with van der Waals surface area (Å²) in [6.07, 6.45) is 3.06. The van der Waals surface area contributed by atoms with E-state index in [1.54, 1.807) is 12.3 Å². The van der Waals surface area contributed by atoms with Crippen LogP contribution in [-0.2, 0) is 4.74 Å². The van der Waals surface area contributed by atoms with Crippen molar-refractivity contribution in [2.75, 3.05) is 62.7 Å². The van der Waals surface area contributed by atoms with Crippen molar-refractivity contribution in [3.05, 3.63) is 41.6 Å². The third-order valence-corrected chi connectivity index (χ3v) is 5.95. The van der Waals surface area contributed by atoms with Gasteiger partial charge in [-0.1, -0.05) is 11.6 Å². The van der Waals surface area contributed by atoms with Gasteiger partial charge in [-0.3, -0.25) is 0 Å². The van der Waals surface area contributed by atoms with Crippen molar-refractivity contribution in [1.29, 1.82) is 0 Å². The number of ether oxygens (including phenoxy) is 1. The highest BCUT2D eigenvalue weighted by atomic mass is 35.5. The van der Waals surface area contributed by atoms with Gasteiger partial charge >= 0.3 is 6.03 Å². The Morgan fingerprint density at radius 2 is 1.79 bits per heavy atom. The molecule has 2 fully saturated rings. The Labute approximate surface area is 194 Å². The van der Waals surface area contributed by atoms with Crippen LogP contribution >= 0.6 is 11.6 Å². The van der Waals surface area contributed by atoms with Crippen molar-refractivity contribution in [2.45, 2.75) is 0 Å². The molecule has 0 atom stereocenters. The molecule has 33 heavy (non-hydrogen) atoms. The van der Waals surface area contributed by atoms with Crippen molar-refractivity contribution < 1.29 is 13.9 Å². The molecular weight excluding hydrogens is 451 g/mol. The van der Waals surface area contributed by atoms with E-state index in [1.165, 1.54) is 18.5 Å². The van der Waals surface area contributed by atoms with E-state index in [0.717, 1.165) is 0 Å². The molecule has 2 saturated heterocycles. The molecule has 0 spiro atoms. The van der Waals surface area contributed by atoms with Gasteiger partial charge in [-0.25, -0.2) is 29.1 Å². The highest BCUT2D eigenvalue weighted by Gasteiger charge is 2.27. The first kappa shape index (κ1) is 21.5. The molecule has 1 N–H and O–H groups in total. The van der Waals surface area contributed by atoms with E-state index in [4.69, 9.17) is 16.3 Å². The number of benzene rings is 1. The molecule has 2 aliphatic rings. The molecule has 5 rings (SSSR count). The lowest BCUT2D eigenvalue weighted by Crippen LogP contribution is -2.55. The van der Waals surface area contributed by atoms with Gasteiger partial charge in [0, 0.05) is 45.0 Å². The number of nitrogens with one attached hydrogen (secondary N) is 1. The summed E-state index contributed by atoms with van der Waals surface area (Å²) in [6, 6.07) is 4.39. The average molecular weight is 473 g/mol. The first-order chi connectivity index (χ1) is 16.1. The minimum absolute atomic E-state index is 0.0122. The van der Waals surface area contributed by atoms with Gasteiger partial charge in [-0.05, 0) is 18.2 Å². The molecular formula is C21H22ClFN8O2. The van der Waals surface area contributed by atoms with Crippen molar-refractivity contribution in [3.8, 4) is 0 Å². The van der Waals surface area contributed by atoms with Crippen molar-refractivity contribution >= 4 is 46.1 Å². The zero-order chi connectivity index (χ0) is 22.8. The zero-order valence-electron chi connectivity index (χ0n) is 17.7. The molecule has 0 saturated carbocycles. The van der Waals surface area contributed by atoms with E-state index in [9.17, 15) is 9.18 Å². The number of aromatic nitrogens is 4. The minimum Gasteiger partial charge on any atom is -0.378 e. The highest BCUT2D eigenvalue weighted by Crippen LogP contribution is 2.26. The summed E-state index contributed by atoms with van der Waals surface area (Å²) >= 11 is 5.89. The number of carbonyl (C=O) groups excluding carboxylic acids is 1. The second-order valence-electron chi connectivity index (χ2n) is 7.74. The van der Waals surface area contributed by atoms with E-state index >= 15 is 0 Å². The molecule has 0 radical (unpaired) electrons. The van der Waals surface area contributed by atoms with Gasteiger partial charge in [0.15, 0.2) is 5.82 Å². The van der Waals surface area contributed by atoms with Crippen LogP contribution in [0.15, 0.2) is 30.7 Å². The van der Waals surface area contributed by atoms with Gasteiger partial charge in [0.25, 0.3) is 0 Å². The molecule has 3 aromatic rings. The lowest BCUT2D eigenvalue weighted by molar-refractivity contribution is 0.0428. The number of nitrogens with zero attached hydrogens (tertiary/aromatic N) is 7. The van der Waals surface area contributed by atoms with Gasteiger partial charge in [0.1, 0.15) is 23.2 Å². The molecule has 0 unspecified atom stereocenters. The number of rotatable bonds is 3. The van der Waals surface area contributed by atoms with Gasteiger partial charge < -0.3 is 24.8 Å². The minimum atomic E-state index is -0.495. The van der Waals surface area contributed by atoms with Gasteiger partial charge in [-0.15, -0.1) is 0 Å². The Hall–Kier alpha value is -3.31. The normalized spacial score (nSPS) is 16.8. The molecule has 2 aromatic heterocycles. The number of urea groups is 1. The van der Waals surface area contributed by atoms with Crippen LogP contribution in [0.25, 0.3) is 11.0 Å². The number of fused-ring (bicyclic) bond motifs is 1. The summed E-state index contributed by atoms with van der Waals surface area (Å²) in [5.41, 5.74) is 1.69. The summed E-state index contributed by atoms with van der Waals surface area (Å²) in [4.78, 5) is 36.1. The van der Waals surface area contributed by atoms with Crippen LogP contribution in [0.5, 0.6) is 0 Å². The first-order valence-electron chi connectivity index (χ1n) is 10.6. The number of amides is 2. The van der Waals surface area contributed by atoms with E-state index in [2.05, 4.69) is 25.3 Å². The molecule has 0 bridgehead atoms. The SMILES string of the molecule is O=C(N1CCOCC1)N1CCN(c2ncc3ncnc(Nc4ccc(F)c(Cl)c4)c3n2)CC1. The van der Waals surface area contributed by atoms with Gasteiger partial charge in [-0.2, -0.15) is 0 Å². The first-order valence-corrected chi connectivity index (χ1v) is 11.0. The molecule has 12 heteroatoms. The molecule has 4 heterocycles. The highest BCUT2D eigenvalue weighted by molar-refractivity contribution is 6.31. The third kappa shape index (κ3) is 4.60. The number of hydrogen-bond donors (Lipinski definition) is 1. The van der Waals surface area contributed by atoms with Crippen molar-refractivity contribution in [1.82, 2.24) is 29.7 Å². The summed E-state index contributed by atoms with van der Waals surface area (Å²) in [5, 5.41) is 3.14. The predicted molar refractivity (Wildman–Crippen MR) is 121 cm³/mol. The van der Waals surface area contributed by atoms with Crippen LogP contribution in [-0.4, -0.2) is 88.2 Å². The Kier molecular flexibility index (Phi) is 6.05. The van der Waals surface area contributed by atoms with Crippen molar-refractivity contribution in [2.24, 2.45) is 0 Å². The van der Waals surface area contributed by atoms with E-state index in [0.29, 0.717) is 81.0 Å². The molecule has 10 nitrogen and oxygen atoms in total. The van der Waals surface area contributed by atoms with Crippen molar-refractivity contribution in [3.63, 3.8) is 0 Å². The Balaban J connectivity index is 1.31. The maximum absolute atomic E-state index is 13.5. The average Bonchev–Trinajstić information content (AvgIpc) is 2.86. The number of halogens is 2. The second kappa shape index (κ2) is 9.28. The summed E-state index contributed by atoms with van der Waals surface area (Å²) in [6.45, 7) is 4.82. The monoisotopic (exact) mass is 472 g/mol. The van der Waals surface area contributed by atoms with Crippen LogP contribution in [0.3, 0.4) is 0 Å². The fourth-order valence-electron chi connectivity index (χ4n) is 3.85. The van der Waals surface area contributed by atoms with Crippen LogP contribution in [0.4, 0.5) is 26.6 Å². The Morgan fingerprint density at radius 3 is 2.55 bits per heavy atom. The maximum atomic E-state index is 13.5.